The fourth-order valence-corrected chi connectivity index (χ4v) is 2.99. The molecule has 2 heteroatoms. The molecule has 1 aliphatic carbocycles. The molecular weight excluding hydrogens is 212 g/mol. The molecule has 1 fully saturated rings. The molecule has 1 rings (SSSR count). The van der Waals surface area contributed by atoms with Gasteiger partial charge in [-0.05, 0) is 38.5 Å². The number of ketones is 1. The smallest absolute Gasteiger partial charge is 0.164 e. The lowest BCUT2D eigenvalue weighted by atomic mass is 9.80. The van der Waals surface area contributed by atoms with E-state index in [-0.39, 0.29) is 12.0 Å². The Morgan fingerprint density at radius 1 is 1.12 bits per heavy atom. The monoisotopic (exact) mass is 240 g/mol. The quantitative estimate of drug-likeness (QED) is 0.673. The first-order valence-electron chi connectivity index (χ1n) is 7.39. The highest BCUT2D eigenvalue weighted by molar-refractivity contribution is 5.85. The van der Waals surface area contributed by atoms with Crippen LogP contribution >= 0.6 is 0 Å². The molecule has 1 unspecified atom stereocenters. The average Bonchev–Trinajstić information content (AvgIpc) is 2.38. The molecule has 0 spiro atoms. The Labute approximate surface area is 106 Å². The molecule has 0 saturated heterocycles. The Morgan fingerprint density at radius 3 is 2.18 bits per heavy atom. The van der Waals surface area contributed by atoms with Gasteiger partial charge < -0.3 is 4.74 Å². The van der Waals surface area contributed by atoms with Crippen molar-refractivity contribution >= 4 is 5.78 Å². The fraction of sp³-hybridized carbons (Fsp3) is 0.933. The molecule has 0 aromatic heterocycles. The fourth-order valence-electron chi connectivity index (χ4n) is 2.99. The van der Waals surface area contributed by atoms with E-state index in [4.69, 9.17) is 4.74 Å². The van der Waals surface area contributed by atoms with Crippen LogP contribution < -0.4 is 0 Å². The van der Waals surface area contributed by atoms with E-state index in [9.17, 15) is 4.79 Å². The molecule has 0 N–H and O–H groups in total. The van der Waals surface area contributed by atoms with Crippen LogP contribution in [0.15, 0.2) is 0 Å². The zero-order chi connectivity index (χ0) is 12.7. The van der Waals surface area contributed by atoms with Crippen molar-refractivity contribution in [2.45, 2.75) is 71.8 Å². The van der Waals surface area contributed by atoms with E-state index in [1.165, 1.54) is 32.1 Å². The van der Waals surface area contributed by atoms with Crippen LogP contribution in [0.2, 0.25) is 0 Å². The van der Waals surface area contributed by atoms with Gasteiger partial charge in [0.05, 0.1) is 0 Å². The van der Waals surface area contributed by atoms with Crippen molar-refractivity contribution in [2.75, 3.05) is 6.61 Å². The van der Waals surface area contributed by atoms with E-state index in [0.717, 1.165) is 12.8 Å². The molecule has 0 heterocycles. The highest BCUT2D eigenvalue weighted by Crippen LogP contribution is 2.30. The lowest BCUT2D eigenvalue weighted by Crippen LogP contribution is -2.37. The van der Waals surface area contributed by atoms with E-state index < -0.39 is 0 Å². The van der Waals surface area contributed by atoms with E-state index in [1.54, 1.807) is 0 Å². The SMILES string of the molecule is CCOC(C(=O)C(CC)CC)C1CCCCC1. The van der Waals surface area contributed by atoms with Crippen molar-refractivity contribution in [1.82, 2.24) is 0 Å². The maximum Gasteiger partial charge on any atom is 0.164 e. The summed E-state index contributed by atoms with van der Waals surface area (Å²) in [6.45, 7) is 6.87. The first-order valence-corrected chi connectivity index (χ1v) is 7.39. The van der Waals surface area contributed by atoms with Gasteiger partial charge in [0.25, 0.3) is 0 Å². The van der Waals surface area contributed by atoms with Crippen molar-refractivity contribution < 1.29 is 9.53 Å². The molecule has 0 aromatic rings. The normalized spacial score (nSPS) is 19.5. The second-order valence-electron chi connectivity index (χ2n) is 5.19. The molecule has 0 amide bonds. The maximum atomic E-state index is 12.5. The Balaban J connectivity index is 2.65. The summed E-state index contributed by atoms with van der Waals surface area (Å²) in [5.74, 6) is 1.05. The van der Waals surface area contributed by atoms with Crippen LogP contribution in [0.1, 0.15) is 65.7 Å². The van der Waals surface area contributed by atoms with Crippen LogP contribution in [0.4, 0.5) is 0 Å². The minimum Gasteiger partial charge on any atom is -0.370 e. The van der Waals surface area contributed by atoms with Gasteiger partial charge in [0.1, 0.15) is 6.10 Å². The van der Waals surface area contributed by atoms with Gasteiger partial charge in [-0.1, -0.05) is 33.1 Å². The van der Waals surface area contributed by atoms with E-state index in [0.29, 0.717) is 18.3 Å². The maximum absolute atomic E-state index is 12.5. The van der Waals surface area contributed by atoms with Crippen LogP contribution in [-0.2, 0) is 9.53 Å². The Morgan fingerprint density at radius 2 is 1.71 bits per heavy atom. The predicted molar refractivity (Wildman–Crippen MR) is 71.1 cm³/mol. The molecule has 0 bridgehead atoms. The third-order valence-corrected chi connectivity index (χ3v) is 4.09. The largest absolute Gasteiger partial charge is 0.370 e. The molecule has 0 radical (unpaired) electrons. The van der Waals surface area contributed by atoms with E-state index in [2.05, 4.69) is 13.8 Å². The minimum absolute atomic E-state index is 0.120. The standard InChI is InChI=1S/C15H28O2/c1-4-12(5-2)14(16)15(17-6-3)13-10-8-7-9-11-13/h12-13,15H,4-11H2,1-3H3. The van der Waals surface area contributed by atoms with Gasteiger partial charge >= 0.3 is 0 Å². The first kappa shape index (κ1) is 14.7. The van der Waals surface area contributed by atoms with Crippen molar-refractivity contribution in [2.24, 2.45) is 11.8 Å². The zero-order valence-electron chi connectivity index (χ0n) is 11.7. The van der Waals surface area contributed by atoms with Crippen molar-refractivity contribution in [3.8, 4) is 0 Å². The van der Waals surface area contributed by atoms with Gasteiger partial charge in [-0.25, -0.2) is 0 Å². The van der Waals surface area contributed by atoms with Gasteiger partial charge in [-0.3, -0.25) is 4.79 Å². The van der Waals surface area contributed by atoms with Crippen molar-refractivity contribution in [3.63, 3.8) is 0 Å². The van der Waals surface area contributed by atoms with Crippen LogP contribution in [0.25, 0.3) is 0 Å². The summed E-state index contributed by atoms with van der Waals surface area (Å²) in [4.78, 5) is 12.5. The Bertz CT molecular complexity index is 215. The summed E-state index contributed by atoms with van der Waals surface area (Å²) in [5, 5.41) is 0. The van der Waals surface area contributed by atoms with Gasteiger partial charge in [-0.15, -0.1) is 0 Å². The topological polar surface area (TPSA) is 26.3 Å². The van der Waals surface area contributed by atoms with Crippen LogP contribution in [0.3, 0.4) is 0 Å². The highest BCUT2D eigenvalue weighted by Gasteiger charge is 2.32. The summed E-state index contributed by atoms with van der Waals surface area (Å²) in [6.07, 6.45) is 8.00. The van der Waals surface area contributed by atoms with Gasteiger partial charge in [-0.2, -0.15) is 0 Å². The summed E-state index contributed by atoms with van der Waals surface area (Å²) in [6, 6.07) is 0. The van der Waals surface area contributed by atoms with Gasteiger partial charge in [0.2, 0.25) is 0 Å². The Kier molecular flexibility index (Phi) is 6.79. The van der Waals surface area contributed by atoms with Crippen LogP contribution in [-0.4, -0.2) is 18.5 Å². The molecule has 0 aliphatic heterocycles. The number of ether oxygens (including phenoxy) is 1. The third kappa shape index (κ3) is 4.09. The second-order valence-corrected chi connectivity index (χ2v) is 5.19. The third-order valence-electron chi connectivity index (χ3n) is 4.09. The molecule has 1 aliphatic rings. The zero-order valence-corrected chi connectivity index (χ0v) is 11.7. The second kappa shape index (κ2) is 7.86. The predicted octanol–water partition coefficient (Wildman–Crippen LogP) is 3.98. The van der Waals surface area contributed by atoms with Crippen LogP contribution in [0.5, 0.6) is 0 Å². The summed E-state index contributed by atoms with van der Waals surface area (Å²) in [7, 11) is 0. The summed E-state index contributed by atoms with van der Waals surface area (Å²) in [5.41, 5.74) is 0. The molecule has 17 heavy (non-hydrogen) atoms. The number of rotatable bonds is 7. The lowest BCUT2D eigenvalue weighted by molar-refractivity contribution is -0.139. The number of hydrogen-bond donors (Lipinski definition) is 0. The number of Topliss-reactive ketones (excluding diaryl/α,β-unsaturated/α-hetero) is 1. The Hall–Kier alpha value is -0.370. The highest BCUT2D eigenvalue weighted by atomic mass is 16.5. The molecule has 1 saturated carbocycles. The van der Waals surface area contributed by atoms with Gasteiger partial charge in [0, 0.05) is 12.5 Å². The van der Waals surface area contributed by atoms with E-state index in [1.807, 2.05) is 6.92 Å². The summed E-state index contributed by atoms with van der Waals surface area (Å²) < 4.78 is 5.78. The number of hydrogen-bond acceptors (Lipinski definition) is 2. The average molecular weight is 240 g/mol. The van der Waals surface area contributed by atoms with Crippen molar-refractivity contribution in [3.05, 3.63) is 0 Å². The molecular formula is C15H28O2. The van der Waals surface area contributed by atoms with E-state index >= 15 is 0 Å². The number of carbonyl (C=O) groups excluding carboxylic acids is 1. The van der Waals surface area contributed by atoms with Crippen molar-refractivity contribution in [1.29, 1.82) is 0 Å². The molecule has 100 valence electrons. The van der Waals surface area contributed by atoms with Crippen LogP contribution in [0, 0.1) is 11.8 Å². The lowest BCUT2D eigenvalue weighted by Gasteiger charge is -2.31. The first-order chi connectivity index (χ1) is 8.24. The summed E-state index contributed by atoms with van der Waals surface area (Å²) >= 11 is 0. The number of carbonyl (C=O) groups is 1. The minimum atomic E-state index is -0.120. The molecule has 1 atom stereocenters. The van der Waals surface area contributed by atoms with Gasteiger partial charge in [0.15, 0.2) is 5.78 Å². The molecule has 2 nitrogen and oxygen atoms in total. The molecule has 0 aromatic carbocycles.